The molecule has 0 spiro atoms. The van der Waals surface area contributed by atoms with E-state index in [4.69, 9.17) is 70.5 Å². The highest BCUT2D eigenvalue weighted by molar-refractivity contribution is 8.76. The molecule has 2 fully saturated rings. The van der Waals surface area contributed by atoms with E-state index in [1.54, 1.807) is 44.2 Å². The zero-order chi connectivity index (χ0) is 86.8. The SMILES string of the molecule is CC(=O)CCCOCCOCCOCCCC(=O)COCC(N)=O.C[C@@H]1CSCC(=O)N[C@@H](CCCCNC(=O)COCC(=O)NCCOCCOCCOCCOCCOCCNC(=O)CON)C(=O)N[C@H]2CSSC[C@H](NC(=O)[C@H](CC(=O)O)CC(=O)CNC(=O)[C@H](CCCN=C(N)N)CC2=O)C(=O)C[C@@H](Cc2ccccc2)C(=O)N1. The lowest BCUT2D eigenvalue weighted by molar-refractivity contribution is -0.142. The number of amides is 9. The standard InChI is InChI=1S/C59H94N12O20S3.C16H29NO7/c1-39-35-92-38-53(78)69-45(11-5-6-12-63-50(75)32-90-33-51(76)64-14-16-85-18-20-87-22-24-89-25-23-88-21-19-86-17-15-65-52(77)34-91-62)58(84)71-47-37-94-93-36-46(49(74)29-42(56(82)68-39)26-40-8-3-2-4-9-40)70-57(83)43(30-54(79)80)27-44(72)31-67-55(81)41(28-48(47)73)10-7-13-66-59(60)61;1-14(18)4-2-6-21-8-10-23-11-9-22-7-3-5-15(19)12-24-13-16(17)20/h2-4,8-9,39,41-43,45-47H,5-7,10-38,62H2,1H3,(H,63,75)(H,64,76)(H,65,77)(H,67,81)(H,68,82)(H,69,78)(H,70,83)(H,71,84)(H,79,80)(H4,60,61,66);2-13H2,1H3,(H2,17,20)/t39-,41-,42-,43+,45+,46+,47+;/m1./s1. The van der Waals surface area contributed by atoms with Gasteiger partial charge in [0.15, 0.2) is 29.1 Å². The van der Waals surface area contributed by atoms with Crippen molar-refractivity contribution in [2.24, 2.45) is 45.8 Å². The minimum atomic E-state index is -1.46. The minimum absolute atomic E-state index is 0.0323. The molecular formula is C75H123N13O27S3. The maximum atomic E-state index is 14.5. The van der Waals surface area contributed by atoms with Crippen LogP contribution < -0.4 is 65.6 Å². The summed E-state index contributed by atoms with van der Waals surface area (Å²) in [4.78, 5) is 201. The summed E-state index contributed by atoms with van der Waals surface area (Å²) < 4.78 is 53.2. The van der Waals surface area contributed by atoms with Crippen molar-refractivity contribution < 1.29 is 129 Å². The highest BCUT2D eigenvalue weighted by Gasteiger charge is 2.35. The molecule has 2 aliphatic rings. The number of nitrogens with two attached hydrogens (primary N) is 4. The summed E-state index contributed by atoms with van der Waals surface area (Å²) in [6, 6.07) is 4.57. The molecule has 9 amide bonds. The van der Waals surface area contributed by atoms with E-state index in [1.165, 1.54) is 11.8 Å². The molecule has 7 atom stereocenters. The number of unbranched alkanes of at least 4 members (excludes halogenated alkanes) is 1. The van der Waals surface area contributed by atoms with Crippen molar-refractivity contribution >= 4 is 127 Å². The van der Waals surface area contributed by atoms with Crippen molar-refractivity contribution in [2.45, 2.75) is 128 Å². The second-order valence-electron chi connectivity index (χ2n) is 27.0. The third kappa shape index (κ3) is 58.1. The zero-order valence-corrected chi connectivity index (χ0v) is 70.0. The van der Waals surface area contributed by atoms with E-state index in [9.17, 15) is 77.0 Å². The first-order chi connectivity index (χ1) is 56.8. The van der Waals surface area contributed by atoms with E-state index in [0.29, 0.717) is 125 Å². The monoisotopic (exact) mass is 1730 g/mol. The van der Waals surface area contributed by atoms with Gasteiger partial charge in [-0.15, -0.1) is 11.8 Å². The number of ketones is 5. The molecule has 2 saturated heterocycles. The Balaban J connectivity index is 0.00000168. The molecule has 2 aliphatic heterocycles. The van der Waals surface area contributed by atoms with Crippen molar-refractivity contribution in [3.63, 3.8) is 0 Å². The number of guanidine groups is 1. The Labute approximate surface area is 699 Å². The second kappa shape index (κ2) is 68.8. The number of thioether (sulfide) groups is 1. The first-order valence-corrected chi connectivity index (χ1v) is 42.8. The summed E-state index contributed by atoms with van der Waals surface area (Å²) in [7, 11) is 2.09. The van der Waals surface area contributed by atoms with Gasteiger partial charge in [0.05, 0.1) is 129 Å². The Morgan fingerprint density at radius 2 is 1.01 bits per heavy atom. The fraction of sp³-hybridized carbons (Fsp3) is 0.707. The van der Waals surface area contributed by atoms with E-state index in [1.807, 2.05) is 0 Å². The van der Waals surface area contributed by atoms with Gasteiger partial charge in [-0.05, 0) is 70.8 Å². The van der Waals surface area contributed by atoms with Gasteiger partial charge >= 0.3 is 5.97 Å². The van der Waals surface area contributed by atoms with Gasteiger partial charge in [0.25, 0.3) is 0 Å². The molecule has 0 aromatic heterocycles. The van der Waals surface area contributed by atoms with Crippen LogP contribution in [-0.2, 0) is 131 Å². The largest absolute Gasteiger partial charge is 0.481 e. The number of fused-ring (bicyclic) bond motifs is 5. The van der Waals surface area contributed by atoms with Crippen LogP contribution in [0.1, 0.15) is 103 Å². The number of aliphatic carboxylic acids is 1. The van der Waals surface area contributed by atoms with Gasteiger partial charge in [0, 0.05) is 107 Å². The number of ether oxygens (including phenoxy) is 10. The Bertz CT molecular complexity index is 3190. The third-order valence-corrected chi connectivity index (χ3v) is 20.3. The number of nitrogens with zero attached hydrogens (tertiary/aromatic N) is 1. The van der Waals surface area contributed by atoms with Crippen LogP contribution in [0.5, 0.6) is 0 Å². The number of carbonyl (C=O) groups excluding carboxylic acids is 14. The van der Waals surface area contributed by atoms with Crippen LogP contribution in [0.25, 0.3) is 0 Å². The number of nitrogens with one attached hydrogen (secondary N) is 8. The molecule has 668 valence electrons. The fourth-order valence-electron chi connectivity index (χ4n) is 10.8. The van der Waals surface area contributed by atoms with E-state index >= 15 is 0 Å². The number of aliphatic imine (C=N–C) groups is 1. The number of Topliss-reactive ketones (excluding diaryl/α,β-unsaturated/α-hetero) is 5. The van der Waals surface area contributed by atoms with Crippen molar-refractivity contribution in [3.8, 4) is 0 Å². The molecule has 17 N–H and O–H groups in total. The van der Waals surface area contributed by atoms with Crippen LogP contribution in [0.4, 0.5) is 0 Å². The van der Waals surface area contributed by atoms with E-state index in [-0.39, 0.29) is 138 Å². The van der Waals surface area contributed by atoms with Gasteiger partial charge in [-0.25, -0.2) is 5.90 Å². The lowest BCUT2D eigenvalue weighted by Gasteiger charge is -2.25. The molecule has 0 aliphatic carbocycles. The normalized spacial score (nSPS) is 18.9. The summed E-state index contributed by atoms with van der Waals surface area (Å²) in [5, 5.41) is 31.3. The van der Waals surface area contributed by atoms with Crippen molar-refractivity contribution in [1.29, 1.82) is 0 Å². The molecular weight excluding hydrogens is 1610 g/mol. The fourth-order valence-corrected chi connectivity index (χ4v) is 14.0. The number of benzene rings is 1. The summed E-state index contributed by atoms with van der Waals surface area (Å²) in [5.74, 6) is -7.66. The van der Waals surface area contributed by atoms with Gasteiger partial charge in [-0.1, -0.05) is 51.9 Å². The van der Waals surface area contributed by atoms with Crippen molar-refractivity contribution in [3.05, 3.63) is 35.9 Å². The molecule has 40 nitrogen and oxygen atoms in total. The van der Waals surface area contributed by atoms with Crippen molar-refractivity contribution in [1.82, 2.24) is 42.5 Å². The van der Waals surface area contributed by atoms with E-state index in [0.717, 1.165) is 33.6 Å². The predicted molar refractivity (Wildman–Crippen MR) is 435 cm³/mol. The average molecular weight is 1740 g/mol. The quantitative estimate of drug-likeness (QED) is 0.0105. The number of carboxylic acid groups (broad SMARTS) is 1. The first kappa shape index (κ1) is 106. The van der Waals surface area contributed by atoms with Gasteiger partial charge in [-0.2, -0.15) is 0 Å². The lowest BCUT2D eigenvalue weighted by atomic mass is 9.91. The summed E-state index contributed by atoms with van der Waals surface area (Å²) in [6.45, 7) is 8.19. The second-order valence-corrected chi connectivity index (χ2v) is 30.6. The summed E-state index contributed by atoms with van der Waals surface area (Å²) in [6.07, 6.45) is 1.00. The number of rotatable bonds is 55. The molecule has 0 unspecified atom stereocenters. The number of hydrogen-bond acceptors (Lipinski definition) is 31. The van der Waals surface area contributed by atoms with Gasteiger partial charge in [-0.3, -0.25) is 77.0 Å². The lowest BCUT2D eigenvalue weighted by Crippen LogP contribution is -2.53. The molecule has 43 heteroatoms. The Morgan fingerprint density at radius 1 is 0.508 bits per heavy atom. The summed E-state index contributed by atoms with van der Waals surface area (Å²) in [5.41, 5.74) is 16.7. The smallest absolute Gasteiger partial charge is 0.304 e. The molecule has 1 aromatic carbocycles. The molecule has 0 radical (unpaired) electrons. The molecule has 1 aromatic rings. The minimum Gasteiger partial charge on any atom is -0.481 e. The number of carboxylic acids is 1. The average Bonchev–Trinajstić information content (AvgIpc) is 0.950. The number of carbonyl (C=O) groups is 15. The Kier molecular flexibility index (Phi) is 61.9. The predicted octanol–water partition coefficient (Wildman–Crippen LogP) is -2.53. The van der Waals surface area contributed by atoms with Gasteiger partial charge < -0.3 is 117 Å². The molecule has 0 saturated carbocycles. The number of primary amides is 1. The number of hydrogen-bond donors (Lipinski definition) is 13. The molecule has 3 rings (SSSR count). The Morgan fingerprint density at radius 3 is 1.54 bits per heavy atom. The topological polar surface area (TPSA) is 590 Å². The molecule has 2 bridgehead atoms. The van der Waals surface area contributed by atoms with Crippen molar-refractivity contribution in [2.75, 3.05) is 194 Å². The first-order valence-electron chi connectivity index (χ1n) is 39.1. The maximum Gasteiger partial charge on any atom is 0.304 e. The van der Waals surface area contributed by atoms with Crippen LogP contribution in [0.2, 0.25) is 0 Å². The highest BCUT2D eigenvalue weighted by Crippen LogP contribution is 2.27. The van der Waals surface area contributed by atoms with Crippen LogP contribution in [0.15, 0.2) is 35.3 Å². The van der Waals surface area contributed by atoms with Crippen LogP contribution in [0.3, 0.4) is 0 Å². The van der Waals surface area contributed by atoms with Crippen LogP contribution in [-0.4, -0.2) is 318 Å². The Hall–Kier alpha value is -7.89. The molecule has 118 heavy (non-hydrogen) atoms. The molecule has 2 heterocycles. The van der Waals surface area contributed by atoms with Gasteiger partial charge in [0.2, 0.25) is 53.2 Å². The van der Waals surface area contributed by atoms with E-state index in [2.05, 4.69) is 52.4 Å². The van der Waals surface area contributed by atoms with Crippen LogP contribution >= 0.6 is 33.3 Å². The zero-order valence-electron chi connectivity index (χ0n) is 67.6. The van der Waals surface area contributed by atoms with Gasteiger partial charge in [0.1, 0.15) is 44.9 Å². The highest BCUT2D eigenvalue weighted by atomic mass is 33.1. The third-order valence-electron chi connectivity index (χ3n) is 16.7. The van der Waals surface area contributed by atoms with E-state index < -0.39 is 152 Å². The maximum absolute atomic E-state index is 14.5. The van der Waals surface area contributed by atoms with Crippen LogP contribution in [0, 0.1) is 17.8 Å². The summed E-state index contributed by atoms with van der Waals surface area (Å²) >= 11 is 1.17.